The number of benzene rings is 1. The van der Waals surface area contributed by atoms with Crippen LogP contribution in [0.2, 0.25) is 0 Å². The molecule has 1 saturated carbocycles. The van der Waals surface area contributed by atoms with Crippen molar-refractivity contribution in [3.8, 4) is 0 Å². The molecule has 1 atom stereocenters. The van der Waals surface area contributed by atoms with Crippen LogP contribution >= 0.6 is 0 Å². The summed E-state index contributed by atoms with van der Waals surface area (Å²) in [6.07, 6.45) is 7.37. The molecule has 23 heavy (non-hydrogen) atoms. The highest BCUT2D eigenvalue weighted by molar-refractivity contribution is 5.80. The van der Waals surface area contributed by atoms with E-state index in [4.69, 9.17) is 4.74 Å². The third-order valence-corrected chi connectivity index (χ3v) is 4.47. The maximum atomic E-state index is 6.13. The van der Waals surface area contributed by atoms with Gasteiger partial charge in [-0.3, -0.25) is 4.99 Å². The van der Waals surface area contributed by atoms with E-state index in [-0.39, 0.29) is 6.10 Å². The lowest BCUT2D eigenvalue weighted by atomic mass is 9.89. The van der Waals surface area contributed by atoms with E-state index in [1.165, 1.54) is 36.8 Å². The van der Waals surface area contributed by atoms with E-state index in [1.54, 1.807) is 0 Å². The molecule has 0 amide bonds. The molecule has 0 heterocycles. The predicted octanol–water partition coefficient (Wildman–Crippen LogP) is 3.19. The third kappa shape index (κ3) is 4.96. The van der Waals surface area contributed by atoms with Gasteiger partial charge in [-0.2, -0.15) is 0 Å². The first-order valence-electron chi connectivity index (χ1n) is 9.11. The highest BCUT2D eigenvalue weighted by Gasteiger charge is 2.22. The van der Waals surface area contributed by atoms with E-state index in [1.807, 2.05) is 0 Å². The van der Waals surface area contributed by atoms with Crippen LogP contribution in [-0.4, -0.2) is 31.7 Å². The molecule has 0 saturated heterocycles. The van der Waals surface area contributed by atoms with Crippen molar-refractivity contribution in [1.82, 2.24) is 10.6 Å². The topological polar surface area (TPSA) is 45.7 Å². The Morgan fingerprint density at radius 2 is 2.13 bits per heavy atom. The van der Waals surface area contributed by atoms with E-state index < -0.39 is 0 Å². The second-order valence-electron chi connectivity index (χ2n) is 6.48. The van der Waals surface area contributed by atoms with Crippen LogP contribution in [0.4, 0.5) is 0 Å². The number of fused-ring (bicyclic) bond motifs is 1. The first-order chi connectivity index (χ1) is 11.4. The van der Waals surface area contributed by atoms with Crippen LogP contribution in [0.3, 0.4) is 0 Å². The van der Waals surface area contributed by atoms with Gasteiger partial charge in [0.05, 0.1) is 6.10 Å². The van der Waals surface area contributed by atoms with Crippen molar-refractivity contribution in [2.75, 3.05) is 19.7 Å². The van der Waals surface area contributed by atoms with E-state index in [0.29, 0.717) is 6.04 Å². The van der Waals surface area contributed by atoms with E-state index in [0.717, 1.165) is 38.5 Å². The molecule has 0 radical (unpaired) electrons. The molecule has 1 unspecified atom stereocenters. The van der Waals surface area contributed by atoms with Gasteiger partial charge in [0.15, 0.2) is 5.96 Å². The summed E-state index contributed by atoms with van der Waals surface area (Å²) in [6, 6.07) is 9.35. The summed E-state index contributed by atoms with van der Waals surface area (Å²) in [5.74, 6) is 0.956. The van der Waals surface area contributed by atoms with Gasteiger partial charge < -0.3 is 15.4 Å². The summed E-state index contributed by atoms with van der Waals surface area (Å²) in [5, 5.41) is 6.75. The smallest absolute Gasteiger partial charge is 0.191 e. The number of ether oxygens (including phenoxy) is 1. The zero-order valence-electron chi connectivity index (χ0n) is 14.2. The molecule has 1 fully saturated rings. The van der Waals surface area contributed by atoms with Crippen LogP contribution in [0.5, 0.6) is 0 Å². The van der Waals surface area contributed by atoms with Crippen molar-refractivity contribution in [2.45, 2.75) is 57.6 Å². The lowest BCUT2D eigenvalue weighted by molar-refractivity contribution is 0.0403. The third-order valence-electron chi connectivity index (χ3n) is 4.47. The van der Waals surface area contributed by atoms with Crippen molar-refractivity contribution in [3.05, 3.63) is 35.4 Å². The van der Waals surface area contributed by atoms with Gasteiger partial charge >= 0.3 is 0 Å². The van der Waals surface area contributed by atoms with E-state index >= 15 is 0 Å². The second kappa shape index (κ2) is 8.34. The molecule has 3 rings (SSSR count). The molecule has 126 valence electrons. The highest BCUT2D eigenvalue weighted by atomic mass is 16.5. The molecule has 1 aromatic carbocycles. The van der Waals surface area contributed by atoms with Gasteiger partial charge in [0.1, 0.15) is 0 Å². The Bertz CT molecular complexity index is 525. The maximum Gasteiger partial charge on any atom is 0.191 e. The quantitative estimate of drug-likeness (QED) is 0.461. The summed E-state index contributed by atoms with van der Waals surface area (Å²) in [4.78, 5) is 4.64. The van der Waals surface area contributed by atoms with Crippen molar-refractivity contribution >= 4 is 5.96 Å². The lowest BCUT2D eigenvalue weighted by Gasteiger charge is -2.25. The number of rotatable bonds is 7. The van der Waals surface area contributed by atoms with Gasteiger partial charge in [-0.1, -0.05) is 24.3 Å². The van der Waals surface area contributed by atoms with Crippen molar-refractivity contribution in [1.29, 1.82) is 0 Å². The Hall–Kier alpha value is -1.55. The highest BCUT2D eigenvalue weighted by Crippen LogP contribution is 2.32. The fourth-order valence-corrected chi connectivity index (χ4v) is 3.10. The van der Waals surface area contributed by atoms with Crippen LogP contribution in [0.1, 0.15) is 56.3 Å². The normalized spacial score (nSPS) is 20.9. The van der Waals surface area contributed by atoms with Crippen molar-refractivity contribution in [3.63, 3.8) is 0 Å². The molecular weight excluding hydrogens is 286 g/mol. The van der Waals surface area contributed by atoms with Crippen LogP contribution in [0, 0.1) is 0 Å². The summed E-state index contributed by atoms with van der Waals surface area (Å²) in [5.41, 5.74) is 2.86. The van der Waals surface area contributed by atoms with Gasteiger partial charge in [-0.15, -0.1) is 0 Å². The molecule has 0 aromatic heterocycles. The van der Waals surface area contributed by atoms with E-state index in [2.05, 4.69) is 46.8 Å². The fraction of sp³-hybridized carbons (Fsp3) is 0.632. The van der Waals surface area contributed by atoms with E-state index in [9.17, 15) is 0 Å². The first-order valence-corrected chi connectivity index (χ1v) is 9.11. The average Bonchev–Trinajstić information content (AvgIpc) is 3.39. The Labute approximate surface area is 139 Å². The zero-order chi connectivity index (χ0) is 15.9. The zero-order valence-corrected chi connectivity index (χ0v) is 14.2. The van der Waals surface area contributed by atoms with Crippen LogP contribution < -0.4 is 10.6 Å². The Balaban J connectivity index is 1.41. The summed E-state index contributed by atoms with van der Waals surface area (Å²) in [6.45, 7) is 4.61. The lowest BCUT2D eigenvalue weighted by Crippen LogP contribution is -2.38. The standard InChI is InChI=1S/C19H29N3O/c1-2-20-19(22-16-11-12-16)21-13-6-14-23-18-10-5-8-15-7-3-4-9-17(15)18/h3-4,7,9,16,18H,2,5-6,8,10-14H2,1H3,(H2,20,21,22). The van der Waals surface area contributed by atoms with Crippen LogP contribution in [-0.2, 0) is 11.2 Å². The summed E-state index contributed by atoms with van der Waals surface area (Å²) < 4.78 is 6.13. The number of hydrogen-bond donors (Lipinski definition) is 2. The molecule has 0 spiro atoms. The molecule has 2 N–H and O–H groups in total. The van der Waals surface area contributed by atoms with Gasteiger partial charge in [-0.25, -0.2) is 0 Å². The predicted molar refractivity (Wildman–Crippen MR) is 94.8 cm³/mol. The minimum atomic E-state index is 0.279. The summed E-state index contributed by atoms with van der Waals surface area (Å²) in [7, 11) is 0. The fourth-order valence-electron chi connectivity index (χ4n) is 3.10. The molecule has 2 aliphatic rings. The molecule has 4 heteroatoms. The Kier molecular flexibility index (Phi) is 5.92. The minimum absolute atomic E-state index is 0.279. The first kappa shape index (κ1) is 16.3. The average molecular weight is 315 g/mol. The van der Waals surface area contributed by atoms with Gasteiger partial charge in [0.25, 0.3) is 0 Å². The molecule has 2 aliphatic carbocycles. The van der Waals surface area contributed by atoms with Crippen molar-refractivity contribution in [2.24, 2.45) is 4.99 Å². The van der Waals surface area contributed by atoms with Crippen molar-refractivity contribution < 1.29 is 4.74 Å². The number of nitrogens with zero attached hydrogens (tertiary/aromatic N) is 1. The maximum absolute atomic E-state index is 6.13. The number of aliphatic imine (C=N–C) groups is 1. The largest absolute Gasteiger partial charge is 0.373 e. The molecular formula is C19H29N3O. The van der Waals surface area contributed by atoms with Gasteiger partial charge in [0.2, 0.25) is 0 Å². The van der Waals surface area contributed by atoms with Gasteiger partial charge in [-0.05, 0) is 56.6 Å². The summed E-state index contributed by atoms with van der Waals surface area (Å²) >= 11 is 0. The molecule has 4 nitrogen and oxygen atoms in total. The molecule has 0 bridgehead atoms. The monoisotopic (exact) mass is 315 g/mol. The van der Waals surface area contributed by atoms with Crippen LogP contribution in [0.15, 0.2) is 29.3 Å². The second-order valence-corrected chi connectivity index (χ2v) is 6.48. The number of hydrogen-bond acceptors (Lipinski definition) is 2. The Morgan fingerprint density at radius 3 is 2.96 bits per heavy atom. The number of nitrogens with one attached hydrogen (secondary N) is 2. The SMILES string of the molecule is CCNC(=NCCCOC1CCCc2ccccc21)NC1CC1. The van der Waals surface area contributed by atoms with Gasteiger partial charge in [0, 0.05) is 25.7 Å². The molecule has 0 aliphatic heterocycles. The minimum Gasteiger partial charge on any atom is -0.373 e. The molecule has 1 aromatic rings. The number of guanidine groups is 1. The number of aryl methyl sites for hydroxylation is 1. The van der Waals surface area contributed by atoms with Crippen LogP contribution in [0.25, 0.3) is 0 Å². The Morgan fingerprint density at radius 1 is 1.26 bits per heavy atom.